The molecule has 1 fully saturated rings. The molecule has 1 aliphatic carbocycles. The summed E-state index contributed by atoms with van der Waals surface area (Å²) >= 11 is 0. The van der Waals surface area contributed by atoms with E-state index < -0.39 is 0 Å². The fourth-order valence-electron chi connectivity index (χ4n) is 2.34. The molecule has 0 aromatic heterocycles. The zero-order chi connectivity index (χ0) is 12.4. The monoisotopic (exact) mass is 235 g/mol. The highest BCUT2D eigenvalue weighted by atomic mass is 16.3. The summed E-state index contributed by atoms with van der Waals surface area (Å²) in [4.78, 5) is 0. The second-order valence-corrected chi connectivity index (χ2v) is 5.21. The first-order valence-corrected chi connectivity index (χ1v) is 6.34. The molecular weight excluding hydrogens is 214 g/mol. The van der Waals surface area contributed by atoms with E-state index in [1.807, 2.05) is 6.92 Å². The second kappa shape index (κ2) is 4.96. The topological polar surface area (TPSA) is 52.5 Å². The fourth-order valence-corrected chi connectivity index (χ4v) is 2.34. The largest absolute Gasteiger partial charge is 0.508 e. The van der Waals surface area contributed by atoms with Crippen molar-refractivity contribution in [2.75, 3.05) is 0 Å². The number of hydrogen-bond donors (Lipinski definition) is 3. The Morgan fingerprint density at radius 3 is 2.59 bits per heavy atom. The van der Waals surface area contributed by atoms with Crippen molar-refractivity contribution >= 4 is 0 Å². The van der Waals surface area contributed by atoms with Crippen LogP contribution in [0, 0.1) is 5.92 Å². The summed E-state index contributed by atoms with van der Waals surface area (Å²) in [5.41, 5.74) is 0.838. The number of aromatic hydroxyl groups is 2. The van der Waals surface area contributed by atoms with E-state index in [1.165, 1.54) is 25.3 Å². The van der Waals surface area contributed by atoms with Crippen LogP contribution in [0.1, 0.15) is 44.7 Å². The molecule has 0 heterocycles. The quantitative estimate of drug-likeness (QED) is 0.735. The van der Waals surface area contributed by atoms with Crippen molar-refractivity contribution in [2.24, 2.45) is 5.92 Å². The molecule has 1 aliphatic rings. The lowest BCUT2D eigenvalue weighted by Gasteiger charge is -2.21. The van der Waals surface area contributed by atoms with Gasteiger partial charge in [-0.2, -0.15) is 0 Å². The normalized spacial score (nSPS) is 18.9. The Balaban J connectivity index is 1.95. The van der Waals surface area contributed by atoms with Gasteiger partial charge in [-0.3, -0.25) is 0 Å². The van der Waals surface area contributed by atoms with Gasteiger partial charge >= 0.3 is 0 Å². The third kappa shape index (κ3) is 3.37. The van der Waals surface area contributed by atoms with E-state index in [-0.39, 0.29) is 17.5 Å². The van der Waals surface area contributed by atoms with E-state index in [0.29, 0.717) is 6.04 Å². The molecule has 0 aliphatic heterocycles. The summed E-state index contributed by atoms with van der Waals surface area (Å²) in [6.45, 7) is 4.22. The van der Waals surface area contributed by atoms with Gasteiger partial charge in [0.25, 0.3) is 0 Å². The predicted molar refractivity (Wildman–Crippen MR) is 68.1 cm³/mol. The number of nitrogens with one attached hydrogen (secondary N) is 1. The minimum absolute atomic E-state index is 0.101. The molecule has 0 spiro atoms. The Morgan fingerprint density at radius 1 is 1.29 bits per heavy atom. The molecule has 0 bridgehead atoms. The minimum Gasteiger partial charge on any atom is -0.508 e. The van der Waals surface area contributed by atoms with Crippen LogP contribution in [-0.2, 0) is 0 Å². The molecule has 0 saturated heterocycles. The highest BCUT2D eigenvalue weighted by molar-refractivity contribution is 5.40. The Morgan fingerprint density at radius 2 is 2.00 bits per heavy atom. The summed E-state index contributed by atoms with van der Waals surface area (Å²) in [5.74, 6) is 1.16. The van der Waals surface area contributed by atoms with Crippen molar-refractivity contribution in [1.82, 2.24) is 5.32 Å². The van der Waals surface area contributed by atoms with Crippen LogP contribution >= 0.6 is 0 Å². The highest BCUT2D eigenvalue weighted by Gasteiger charge is 2.24. The minimum atomic E-state index is 0.101. The van der Waals surface area contributed by atoms with Gasteiger partial charge in [0.2, 0.25) is 0 Å². The Labute approximate surface area is 102 Å². The number of phenolic OH excluding ortho intramolecular Hbond substituents is 2. The maximum absolute atomic E-state index is 9.77. The van der Waals surface area contributed by atoms with Gasteiger partial charge < -0.3 is 15.5 Å². The summed E-state index contributed by atoms with van der Waals surface area (Å²) < 4.78 is 0. The van der Waals surface area contributed by atoms with Gasteiger partial charge in [-0.1, -0.05) is 18.9 Å². The Hall–Kier alpha value is -1.22. The smallest absolute Gasteiger partial charge is 0.124 e. The summed E-state index contributed by atoms with van der Waals surface area (Å²) in [5, 5.41) is 22.5. The standard InChI is InChI=1S/C14H21NO2/c1-9(7-11-3-4-11)15-10(2)13-6-5-12(16)8-14(13)17/h5-6,8-11,15-17H,3-4,7H2,1-2H3. The average Bonchev–Trinajstić information content (AvgIpc) is 3.00. The molecule has 2 atom stereocenters. The highest BCUT2D eigenvalue weighted by Crippen LogP contribution is 2.34. The molecule has 3 heteroatoms. The number of rotatable bonds is 5. The van der Waals surface area contributed by atoms with Crippen LogP contribution in [-0.4, -0.2) is 16.3 Å². The molecule has 3 nitrogen and oxygen atoms in total. The van der Waals surface area contributed by atoms with E-state index in [2.05, 4.69) is 12.2 Å². The van der Waals surface area contributed by atoms with Gasteiger partial charge in [0.05, 0.1) is 0 Å². The molecule has 17 heavy (non-hydrogen) atoms. The summed E-state index contributed by atoms with van der Waals surface area (Å²) in [7, 11) is 0. The molecule has 2 rings (SSSR count). The van der Waals surface area contributed by atoms with Crippen molar-refractivity contribution < 1.29 is 10.2 Å². The zero-order valence-electron chi connectivity index (χ0n) is 10.5. The predicted octanol–water partition coefficient (Wildman–Crippen LogP) is 2.94. The molecule has 3 N–H and O–H groups in total. The average molecular weight is 235 g/mol. The number of phenols is 2. The van der Waals surface area contributed by atoms with Gasteiger partial charge in [0.15, 0.2) is 0 Å². The second-order valence-electron chi connectivity index (χ2n) is 5.21. The molecular formula is C14H21NO2. The SMILES string of the molecule is CC(CC1CC1)NC(C)c1ccc(O)cc1O. The first kappa shape index (κ1) is 12.2. The van der Waals surface area contributed by atoms with Crippen LogP contribution in [0.5, 0.6) is 11.5 Å². The summed E-state index contributed by atoms with van der Waals surface area (Å²) in [6, 6.07) is 5.33. The zero-order valence-corrected chi connectivity index (χ0v) is 10.5. The van der Waals surface area contributed by atoms with E-state index in [4.69, 9.17) is 0 Å². The van der Waals surface area contributed by atoms with Crippen molar-refractivity contribution in [3.05, 3.63) is 23.8 Å². The molecule has 1 saturated carbocycles. The van der Waals surface area contributed by atoms with E-state index in [9.17, 15) is 10.2 Å². The van der Waals surface area contributed by atoms with Gasteiger partial charge in [-0.25, -0.2) is 0 Å². The van der Waals surface area contributed by atoms with Crippen LogP contribution in [0.2, 0.25) is 0 Å². The number of hydrogen-bond acceptors (Lipinski definition) is 3. The maximum Gasteiger partial charge on any atom is 0.124 e. The number of benzene rings is 1. The third-order valence-corrected chi connectivity index (χ3v) is 3.40. The molecule has 94 valence electrons. The maximum atomic E-state index is 9.77. The van der Waals surface area contributed by atoms with Crippen LogP contribution in [0.3, 0.4) is 0 Å². The van der Waals surface area contributed by atoms with Crippen LogP contribution in [0.15, 0.2) is 18.2 Å². The van der Waals surface area contributed by atoms with Gasteiger partial charge in [0.1, 0.15) is 11.5 Å². The van der Waals surface area contributed by atoms with Gasteiger partial charge in [0, 0.05) is 23.7 Å². The first-order valence-electron chi connectivity index (χ1n) is 6.34. The fraction of sp³-hybridized carbons (Fsp3) is 0.571. The molecule has 0 radical (unpaired) electrons. The van der Waals surface area contributed by atoms with Crippen molar-refractivity contribution in [1.29, 1.82) is 0 Å². The van der Waals surface area contributed by atoms with Crippen LogP contribution < -0.4 is 5.32 Å². The van der Waals surface area contributed by atoms with E-state index in [1.54, 1.807) is 12.1 Å². The van der Waals surface area contributed by atoms with E-state index in [0.717, 1.165) is 11.5 Å². The van der Waals surface area contributed by atoms with E-state index >= 15 is 0 Å². The summed E-state index contributed by atoms with van der Waals surface area (Å²) in [6.07, 6.45) is 3.94. The van der Waals surface area contributed by atoms with Crippen LogP contribution in [0.4, 0.5) is 0 Å². The lowest BCUT2D eigenvalue weighted by atomic mass is 10.0. The van der Waals surface area contributed by atoms with Crippen LogP contribution in [0.25, 0.3) is 0 Å². The molecule has 1 aromatic carbocycles. The first-order chi connectivity index (χ1) is 8.06. The molecule has 0 amide bonds. The Kier molecular flexibility index (Phi) is 3.57. The molecule has 2 unspecified atom stereocenters. The van der Waals surface area contributed by atoms with Gasteiger partial charge in [-0.05, 0) is 32.3 Å². The molecule has 1 aromatic rings. The lowest BCUT2D eigenvalue weighted by Crippen LogP contribution is -2.29. The van der Waals surface area contributed by atoms with Crippen molar-refractivity contribution in [2.45, 2.75) is 45.2 Å². The van der Waals surface area contributed by atoms with Crippen molar-refractivity contribution in [3.63, 3.8) is 0 Å². The van der Waals surface area contributed by atoms with Gasteiger partial charge in [-0.15, -0.1) is 0 Å². The third-order valence-electron chi connectivity index (χ3n) is 3.40. The lowest BCUT2D eigenvalue weighted by molar-refractivity contribution is 0.411. The van der Waals surface area contributed by atoms with Crippen molar-refractivity contribution in [3.8, 4) is 11.5 Å². The Bertz CT molecular complexity index is 388.